The summed E-state index contributed by atoms with van der Waals surface area (Å²) in [5, 5.41) is 12.6. The number of aliphatic hydroxyl groups is 1. The lowest BCUT2D eigenvalue weighted by Crippen LogP contribution is -2.31. The first kappa shape index (κ1) is 13.7. The van der Waals surface area contributed by atoms with Crippen LogP contribution in [0.25, 0.3) is 0 Å². The van der Waals surface area contributed by atoms with Crippen LogP contribution >= 0.6 is 27.7 Å². The number of rotatable bonds is 5. The van der Waals surface area contributed by atoms with Crippen molar-refractivity contribution in [3.63, 3.8) is 0 Å². The number of aliphatic hydroxyl groups excluding tert-OH is 1. The zero-order chi connectivity index (χ0) is 12.1. The summed E-state index contributed by atoms with van der Waals surface area (Å²) >= 11 is 4.97. The van der Waals surface area contributed by atoms with Crippen molar-refractivity contribution in [3.8, 4) is 0 Å². The van der Waals surface area contributed by atoms with Gasteiger partial charge in [-0.15, -0.1) is 0 Å². The summed E-state index contributed by atoms with van der Waals surface area (Å²) in [6.07, 6.45) is 1.99. The molecule has 2 N–H and O–H groups in total. The van der Waals surface area contributed by atoms with Gasteiger partial charge in [-0.2, -0.15) is 11.8 Å². The first-order chi connectivity index (χ1) is 7.56. The molecule has 0 aliphatic carbocycles. The normalized spacial score (nSPS) is 14.6. The lowest BCUT2D eigenvalue weighted by atomic mass is 10.2. The Kier molecular flexibility index (Phi) is 5.51. The molecule has 1 rings (SSSR count). The van der Waals surface area contributed by atoms with Gasteiger partial charge in [0, 0.05) is 17.4 Å². The van der Waals surface area contributed by atoms with Gasteiger partial charge in [-0.3, -0.25) is 0 Å². The maximum atomic E-state index is 9.18. The molecule has 0 aromatic carbocycles. The van der Waals surface area contributed by atoms with E-state index in [4.69, 9.17) is 0 Å². The number of hydrogen-bond donors (Lipinski definition) is 2. The van der Waals surface area contributed by atoms with Crippen LogP contribution in [-0.2, 0) is 0 Å². The summed E-state index contributed by atoms with van der Waals surface area (Å²) in [5.74, 6) is 1.49. The monoisotopic (exact) mass is 305 g/mol. The molecule has 2 atom stereocenters. The number of halogens is 1. The molecule has 0 saturated heterocycles. The topological polar surface area (TPSA) is 58.0 Å². The molecular formula is C10H16BrN3OS. The number of aromatic nitrogens is 2. The maximum Gasteiger partial charge on any atom is 0.131 e. The van der Waals surface area contributed by atoms with Gasteiger partial charge in [0.05, 0.1) is 6.61 Å². The third-order valence-corrected chi connectivity index (χ3v) is 3.79. The molecule has 0 saturated carbocycles. The van der Waals surface area contributed by atoms with Crippen LogP contribution in [0.4, 0.5) is 5.82 Å². The molecule has 16 heavy (non-hydrogen) atoms. The van der Waals surface area contributed by atoms with Gasteiger partial charge in [0.25, 0.3) is 0 Å². The molecule has 1 heterocycles. The Hall–Kier alpha value is -0.330. The number of hydrogen-bond acceptors (Lipinski definition) is 5. The highest BCUT2D eigenvalue weighted by molar-refractivity contribution is 9.10. The third-order valence-electron chi connectivity index (χ3n) is 2.22. The predicted molar refractivity (Wildman–Crippen MR) is 71.9 cm³/mol. The fourth-order valence-electron chi connectivity index (χ4n) is 1.37. The van der Waals surface area contributed by atoms with Gasteiger partial charge in [0.1, 0.15) is 16.2 Å². The van der Waals surface area contributed by atoms with Crippen LogP contribution in [-0.4, -0.2) is 39.2 Å². The molecule has 2 unspecified atom stereocenters. The second-order valence-electron chi connectivity index (χ2n) is 3.51. The van der Waals surface area contributed by atoms with Crippen molar-refractivity contribution < 1.29 is 5.11 Å². The second kappa shape index (κ2) is 6.42. The molecule has 1 aromatic heterocycles. The average molecular weight is 306 g/mol. The molecule has 0 amide bonds. The SMILES string of the molecule is CSC(CO)C(C)Nc1cc(Br)nc(C)n1. The smallest absolute Gasteiger partial charge is 0.131 e. The molecule has 0 aliphatic rings. The Balaban J connectivity index is 2.72. The molecule has 4 nitrogen and oxygen atoms in total. The van der Waals surface area contributed by atoms with E-state index >= 15 is 0 Å². The highest BCUT2D eigenvalue weighted by Crippen LogP contribution is 2.17. The van der Waals surface area contributed by atoms with E-state index in [2.05, 4.69) is 31.2 Å². The maximum absolute atomic E-state index is 9.18. The van der Waals surface area contributed by atoms with Gasteiger partial charge in [0.2, 0.25) is 0 Å². The first-order valence-electron chi connectivity index (χ1n) is 4.98. The molecule has 0 aliphatic heterocycles. The number of anilines is 1. The van der Waals surface area contributed by atoms with Crippen LogP contribution in [0, 0.1) is 6.92 Å². The molecule has 1 aromatic rings. The van der Waals surface area contributed by atoms with E-state index in [1.165, 1.54) is 0 Å². The van der Waals surface area contributed by atoms with Crippen molar-refractivity contribution in [1.29, 1.82) is 0 Å². The molecule has 0 fully saturated rings. The largest absolute Gasteiger partial charge is 0.395 e. The van der Waals surface area contributed by atoms with Gasteiger partial charge in [-0.05, 0) is 36.0 Å². The Bertz CT molecular complexity index is 327. The van der Waals surface area contributed by atoms with E-state index in [1.54, 1.807) is 11.8 Å². The molecule has 0 spiro atoms. The summed E-state index contributed by atoms with van der Waals surface area (Å²) in [4.78, 5) is 8.42. The third kappa shape index (κ3) is 3.92. The lowest BCUT2D eigenvalue weighted by molar-refractivity contribution is 0.288. The minimum atomic E-state index is 0.153. The molecule has 90 valence electrons. The van der Waals surface area contributed by atoms with E-state index in [0.717, 1.165) is 10.4 Å². The summed E-state index contributed by atoms with van der Waals surface area (Å²) in [6, 6.07) is 1.99. The number of nitrogens with one attached hydrogen (secondary N) is 1. The minimum absolute atomic E-state index is 0.153. The summed E-state index contributed by atoms with van der Waals surface area (Å²) in [5.41, 5.74) is 0. The molecule has 0 radical (unpaired) electrons. The summed E-state index contributed by atoms with van der Waals surface area (Å²) in [7, 11) is 0. The van der Waals surface area contributed by atoms with Crippen molar-refractivity contribution >= 4 is 33.5 Å². The van der Waals surface area contributed by atoms with Crippen LogP contribution in [0.3, 0.4) is 0 Å². The van der Waals surface area contributed by atoms with Crippen LogP contribution in [0.2, 0.25) is 0 Å². The fourth-order valence-corrected chi connectivity index (χ4v) is 2.47. The number of thioether (sulfide) groups is 1. The molecule has 0 bridgehead atoms. The minimum Gasteiger partial charge on any atom is -0.395 e. The molecule has 6 heteroatoms. The fraction of sp³-hybridized carbons (Fsp3) is 0.600. The van der Waals surface area contributed by atoms with Gasteiger partial charge in [-0.1, -0.05) is 0 Å². The second-order valence-corrected chi connectivity index (χ2v) is 5.40. The van der Waals surface area contributed by atoms with Crippen LogP contribution in [0.5, 0.6) is 0 Å². The van der Waals surface area contributed by atoms with Crippen LogP contribution in [0.1, 0.15) is 12.7 Å². The van der Waals surface area contributed by atoms with E-state index in [1.807, 2.05) is 26.2 Å². The highest BCUT2D eigenvalue weighted by atomic mass is 79.9. The Morgan fingerprint density at radius 3 is 2.75 bits per heavy atom. The highest BCUT2D eigenvalue weighted by Gasteiger charge is 2.15. The number of nitrogens with zero attached hydrogens (tertiary/aromatic N) is 2. The average Bonchev–Trinajstić information content (AvgIpc) is 2.17. The molecular weight excluding hydrogens is 290 g/mol. The quantitative estimate of drug-likeness (QED) is 0.816. The zero-order valence-electron chi connectivity index (χ0n) is 9.57. The van der Waals surface area contributed by atoms with E-state index in [0.29, 0.717) is 5.82 Å². The lowest BCUT2D eigenvalue weighted by Gasteiger charge is -2.21. The summed E-state index contributed by atoms with van der Waals surface area (Å²) in [6.45, 7) is 4.03. The van der Waals surface area contributed by atoms with Crippen molar-refractivity contribution in [2.75, 3.05) is 18.2 Å². The Labute approximate surface area is 108 Å². The van der Waals surface area contributed by atoms with E-state index < -0.39 is 0 Å². The first-order valence-corrected chi connectivity index (χ1v) is 7.06. The van der Waals surface area contributed by atoms with Crippen molar-refractivity contribution in [3.05, 3.63) is 16.5 Å². The standard InChI is InChI=1S/C10H16BrN3OS/c1-6(8(5-15)16-3)12-10-4-9(11)13-7(2)14-10/h4,6,8,15H,5H2,1-3H3,(H,12,13,14). The van der Waals surface area contributed by atoms with Crippen LogP contribution < -0.4 is 5.32 Å². The van der Waals surface area contributed by atoms with E-state index in [-0.39, 0.29) is 17.9 Å². The van der Waals surface area contributed by atoms with Gasteiger partial charge in [-0.25, -0.2) is 9.97 Å². The van der Waals surface area contributed by atoms with E-state index in [9.17, 15) is 5.11 Å². The predicted octanol–water partition coefficient (Wildman–Crippen LogP) is 2.07. The van der Waals surface area contributed by atoms with Crippen LogP contribution in [0.15, 0.2) is 10.7 Å². The van der Waals surface area contributed by atoms with Gasteiger partial charge < -0.3 is 10.4 Å². The Morgan fingerprint density at radius 1 is 1.56 bits per heavy atom. The van der Waals surface area contributed by atoms with Crippen molar-refractivity contribution in [2.45, 2.75) is 25.1 Å². The zero-order valence-corrected chi connectivity index (χ0v) is 12.0. The van der Waals surface area contributed by atoms with Crippen molar-refractivity contribution in [1.82, 2.24) is 9.97 Å². The van der Waals surface area contributed by atoms with Crippen molar-refractivity contribution in [2.24, 2.45) is 0 Å². The van der Waals surface area contributed by atoms with Gasteiger partial charge in [0.15, 0.2) is 0 Å². The Morgan fingerprint density at radius 2 is 2.25 bits per heavy atom. The summed E-state index contributed by atoms with van der Waals surface area (Å²) < 4.78 is 0.763. The number of aryl methyl sites for hydroxylation is 1. The van der Waals surface area contributed by atoms with Gasteiger partial charge >= 0.3 is 0 Å².